The summed E-state index contributed by atoms with van der Waals surface area (Å²) in [6.07, 6.45) is 8.94. The molecule has 0 aromatic carbocycles. The van der Waals surface area contributed by atoms with Gasteiger partial charge in [-0.2, -0.15) is 0 Å². The molecule has 0 heterocycles. The highest BCUT2D eigenvalue weighted by Crippen LogP contribution is 2.66. The number of rotatable bonds is 7. The summed E-state index contributed by atoms with van der Waals surface area (Å²) in [5.74, 6) is 1.45. The van der Waals surface area contributed by atoms with E-state index >= 15 is 0 Å². The van der Waals surface area contributed by atoms with Crippen molar-refractivity contribution in [3.8, 4) is 0 Å². The van der Waals surface area contributed by atoms with Gasteiger partial charge in [0.2, 0.25) is 0 Å². The van der Waals surface area contributed by atoms with Crippen LogP contribution in [0.3, 0.4) is 0 Å². The van der Waals surface area contributed by atoms with Crippen molar-refractivity contribution < 1.29 is 9.59 Å². The number of hydrogen-bond acceptors (Lipinski definition) is 2. The summed E-state index contributed by atoms with van der Waals surface area (Å²) in [4.78, 5) is 24.8. The molecule has 6 atom stereocenters. The van der Waals surface area contributed by atoms with Crippen molar-refractivity contribution in [2.75, 3.05) is 13.1 Å². The summed E-state index contributed by atoms with van der Waals surface area (Å²) in [6.45, 7) is 15.4. The second-order valence-corrected chi connectivity index (χ2v) is 12.8. The fourth-order valence-corrected chi connectivity index (χ4v) is 7.92. The van der Waals surface area contributed by atoms with Crippen LogP contribution in [0.1, 0.15) is 92.9 Å². The highest BCUT2D eigenvalue weighted by molar-refractivity contribution is 5.75. The number of urea groups is 2. The molecule has 4 saturated carbocycles. The average molecular weight is 447 g/mol. The van der Waals surface area contributed by atoms with Gasteiger partial charge in [0.15, 0.2) is 0 Å². The SMILES string of the molecule is CC1(C)C2CCC1(C)C(NC(=O)NCCCCNC(=O)NC1CC3CCC1(C)C3(C)C)C2. The fraction of sp³-hybridized carbons (Fsp3) is 0.923. The van der Waals surface area contributed by atoms with Gasteiger partial charge >= 0.3 is 12.1 Å². The predicted octanol–water partition coefficient (Wildman–Crippen LogP) is 4.79. The van der Waals surface area contributed by atoms with E-state index in [0.29, 0.717) is 23.9 Å². The molecule has 4 amide bonds. The first-order chi connectivity index (χ1) is 14.9. The van der Waals surface area contributed by atoms with E-state index in [1.165, 1.54) is 25.7 Å². The van der Waals surface area contributed by atoms with E-state index in [4.69, 9.17) is 0 Å². The van der Waals surface area contributed by atoms with E-state index in [2.05, 4.69) is 62.8 Å². The molecule has 4 rings (SSSR count). The molecule has 4 N–H and O–H groups in total. The zero-order valence-corrected chi connectivity index (χ0v) is 21.2. The molecule has 6 unspecified atom stereocenters. The maximum atomic E-state index is 12.4. The maximum absolute atomic E-state index is 12.4. The minimum Gasteiger partial charge on any atom is -0.338 e. The highest BCUT2D eigenvalue weighted by atomic mass is 16.2. The van der Waals surface area contributed by atoms with Crippen LogP contribution in [0.5, 0.6) is 0 Å². The number of nitrogens with one attached hydrogen (secondary N) is 4. The van der Waals surface area contributed by atoms with Gasteiger partial charge in [0, 0.05) is 25.2 Å². The molecule has 4 bridgehead atoms. The van der Waals surface area contributed by atoms with Gasteiger partial charge in [-0.05, 0) is 84.9 Å². The predicted molar refractivity (Wildman–Crippen MR) is 128 cm³/mol. The lowest BCUT2D eigenvalue weighted by molar-refractivity contribution is 0.123. The molecule has 0 aromatic rings. The number of carbonyl (C=O) groups is 2. The van der Waals surface area contributed by atoms with Gasteiger partial charge in [-0.1, -0.05) is 41.5 Å². The third-order valence-electron chi connectivity index (χ3n) is 11.4. The first kappa shape index (κ1) is 23.7. The molecule has 182 valence electrons. The lowest BCUT2D eigenvalue weighted by Gasteiger charge is -2.39. The molecule has 4 aliphatic rings. The van der Waals surface area contributed by atoms with E-state index < -0.39 is 0 Å². The summed E-state index contributed by atoms with van der Waals surface area (Å²) in [6, 6.07) is 0.466. The summed E-state index contributed by atoms with van der Waals surface area (Å²) in [5, 5.41) is 12.5. The van der Waals surface area contributed by atoms with Gasteiger partial charge in [-0.25, -0.2) is 9.59 Å². The minimum absolute atomic E-state index is 0.0441. The second-order valence-electron chi connectivity index (χ2n) is 12.8. The summed E-state index contributed by atoms with van der Waals surface area (Å²) in [5.41, 5.74) is 1.03. The molecular formula is C26H46N4O2. The van der Waals surface area contributed by atoms with Crippen molar-refractivity contribution in [3.05, 3.63) is 0 Å². The summed E-state index contributed by atoms with van der Waals surface area (Å²) in [7, 11) is 0. The zero-order valence-electron chi connectivity index (χ0n) is 21.2. The van der Waals surface area contributed by atoms with E-state index in [-0.39, 0.29) is 35.0 Å². The molecule has 4 aliphatic carbocycles. The molecule has 0 aliphatic heterocycles. The van der Waals surface area contributed by atoms with Crippen LogP contribution in [0, 0.1) is 33.5 Å². The Morgan fingerprint density at radius 3 is 1.34 bits per heavy atom. The molecule has 4 fully saturated rings. The van der Waals surface area contributed by atoms with Gasteiger partial charge < -0.3 is 21.3 Å². The third-order valence-corrected chi connectivity index (χ3v) is 11.4. The molecule has 6 nitrogen and oxygen atoms in total. The van der Waals surface area contributed by atoms with Crippen molar-refractivity contribution in [1.82, 2.24) is 21.3 Å². The Labute approximate surface area is 194 Å². The summed E-state index contributed by atoms with van der Waals surface area (Å²) < 4.78 is 0. The smallest absolute Gasteiger partial charge is 0.315 e. The van der Waals surface area contributed by atoms with Crippen molar-refractivity contribution >= 4 is 12.1 Å². The second kappa shape index (κ2) is 8.09. The van der Waals surface area contributed by atoms with Crippen LogP contribution in [0.15, 0.2) is 0 Å². The largest absolute Gasteiger partial charge is 0.338 e. The number of unbranched alkanes of at least 4 members (excludes halogenated alkanes) is 1. The molecule has 0 radical (unpaired) electrons. The van der Waals surface area contributed by atoms with Crippen LogP contribution >= 0.6 is 0 Å². The van der Waals surface area contributed by atoms with Crippen molar-refractivity contribution in [2.24, 2.45) is 33.5 Å². The quantitative estimate of drug-likeness (QED) is 0.424. The molecule has 0 aromatic heterocycles. The number of amides is 4. The fourth-order valence-electron chi connectivity index (χ4n) is 7.92. The van der Waals surface area contributed by atoms with Crippen molar-refractivity contribution in [3.63, 3.8) is 0 Å². The van der Waals surface area contributed by atoms with Gasteiger partial charge in [0.05, 0.1) is 0 Å². The summed E-state index contributed by atoms with van der Waals surface area (Å²) >= 11 is 0. The Hall–Kier alpha value is -1.46. The Morgan fingerprint density at radius 1 is 0.688 bits per heavy atom. The number of fused-ring (bicyclic) bond motifs is 4. The van der Waals surface area contributed by atoms with Crippen molar-refractivity contribution in [2.45, 2.75) is 105 Å². The van der Waals surface area contributed by atoms with Gasteiger partial charge in [-0.3, -0.25) is 0 Å². The Kier molecular flexibility index (Phi) is 5.99. The first-order valence-electron chi connectivity index (χ1n) is 13.0. The van der Waals surface area contributed by atoms with Crippen LogP contribution in [0.2, 0.25) is 0 Å². The topological polar surface area (TPSA) is 82.3 Å². The maximum Gasteiger partial charge on any atom is 0.315 e. The third kappa shape index (κ3) is 3.60. The van der Waals surface area contributed by atoms with E-state index in [0.717, 1.165) is 37.5 Å². The van der Waals surface area contributed by atoms with E-state index in [1.54, 1.807) is 0 Å². The Bertz CT molecular complexity index is 688. The lowest BCUT2D eigenvalue weighted by Crippen LogP contribution is -2.50. The number of hydrogen-bond donors (Lipinski definition) is 4. The molecule has 0 spiro atoms. The molecule has 6 heteroatoms. The van der Waals surface area contributed by atoms with E-state index in [9.17, 15) is 9.59 Å². The molecular weight excluding hydrogens is 400 g/mol. The van der Waals surface area contributed by atoms with Crippen LogP contribution in [-0.2, 0) is 0 Å². The van der Waals surface area contributed by atoms with Crippen molar-refractivity contribution in [1.29, 1.82) is 0 Å². The standard InChI is InChI=1S/C26H46N4O2/c1-23(2)17-9-11-25(23,5)19(15-17)29-21(31)27-13-7-8-14-28-22(32)30-20-16-18-10-12-26(20,6)24(18,3)4/h17-20H,7-16H2,1-6H3,(H2,27,29,31)(H2,28,30,32). The van der Waals surface area contributed by atoms with Gasteiger partial charge in [-0.15, -0.1) is 0 Å². The lowest BCUT2D eigenvalue weighted by atomic mass is 9.69. The van der Waals surface area contributed by atoms with Gasteiger partial charge in [0.25, 0.3) is 0 Å². The first-order valence-corrected chi connectivity index (χ1v) is 13.0. The van der Waals surface area contributed by atoms with Gasteiger partial charge in [0.1, 0.15) is 0 Å². The Balaban J connectivity index is 1.09. The monoisotopic (exact) mass is 446 g/mol. The van der Waals surface area contributed by atoms with Crippen LogP contribution in [0.4, 0.5) is 9.59 Å². The zero-order chi connectivity index (χ0) is 23.4. The molecule has 0 saturated heterocycles. The van der Waals surface area contributed by atoms with Crippen LogP contribution < -0.4 is 21.3 Å². The molecule has 32 heavy (non-hydrogen) atoms. The van der Waals surface area contributed by atoms with E-state index in [1.807, 2.05) is 0 Å². The highest BCUT2D eigenvalue weighted by Gasteiger charge is 2.62. The average Bonchev–Trinajstić information content (AvgIpc) is 3.22. The van der Waals surface area contributed by atoms with Crippen LogP contribution in [0.25, 0.3) is 0 Å². The normalized spacial score (nSPS) is 40.3. The minimum atomic E-state index is -0.0441. The van der Waals surface area contributed by atoms with Crippen LogP contribution in [-0.4, -0.2) is 37.2 Å². The Morgan fingerprint density at radius 2 is 1.06 bits per heavy atom. The number of carbonyl (C=O) groups excluding carboxylic acids is 2.